The molecule has 0 radical (unpaired) electrons. The molecule has 0 saturated heterocycles. The van der Waals surface area contributed by atoms with Gasteiger partial charge in [0.15, 0.2) is 11.6 Å². The Labute approximate surface area is 220 Å². The maximum atomic E-state index is 13.8. The molecule has 1 fully saturated rings. The summed E-state index contributed by atoms with van der Waals surface area (Å²) < 4.78 is 55.0. The summed E-state index contributed by atoms with van der Waals surface area (Å²) in [7, 11) is 0. The molecule has 1 atom stereocenters. The molecule has 3 aromatic rings. The van der Waals surface area contributed by atoms with E-state index in [0.717, 1.165) is 36.6 Å². The Morgan fingerprint density at radius 3 is 2.28 bits per heavy atom. The largest absolute Gasteiger partial charge is 0.399 e. The van der Waals surface area contributed by atoms with Gasteiger partial charge in [0.1, 0.15) is 5.15 Å². The molecule has 0 spiro atoms. The summed E-state index contributed by atoms with van der Waals surface area (Å²) in [6.07, 6.45) is 1.38. The van der Waals surface area contributed by atoms with Crippen molar-refractivity contribution in [2.75, 3.05) is 0 Å². The highest BCUT2D eigenvalue weighted by Crippen LogP contribution is 2.51. The number of aryl methyl sites for hydroxylation is 1. The van der Waals surface area contributed by atoms with Crippen molar-refractivity contribution in [2.24, 2.45) is 0 Å². The van der Waals surface area contributed by atoms with Gasteiger partial charge in [-0.25, -0.2) is 9.37 Å². The number of aromatic nitrogens is 1. The Bertz CT molecular complexity index is 1310. The van der Waals surface area contributed by atoms with E-state index in [4.69, 9.17) is 34.8 Å². The first kappa shape index (κ1) is 26.6. The standard InChI is InChI=1S/C27H20Cl3F4NO/c1-15-10-16(3-6-20(27(32,33)34)17-11-21(28)25(31)22(29)12-17)2-5-19(15)23(36)13-26(8-9-26)18-4-7-24(30)35-14-18/h2-7,10-12,14,20H,8-9,13H2,1H3/b6-3+. The third-order valence-electron chi connectivity index (χ3n) is 6.44. The van der Waals surface area contributed by atoms with Crippen LogP contribution < -0.4 is 0 Å². The summed E-state index contributed by atoms with van der Waals surface area (Å²) in [5.74, 6) is -3.06. The van der Waals surface area contributed by atoms with Gasteiger partial charge in [-0.2, -0.15) is 13.2 Å². The minimum absolute atomic E-state index is 0.0424. The van der Waals surface area contributed by atoms with Gasteiger partial charge in [0, 0.05) is 23.6 Å². The van der Waals surface area contributed by atoms with Crippen LogP contribution >= 0.6 is 34.8 Å². The van der Waals surface area contributed by atoms with E-state index in [9.17, 15) is 22.4 Å². The number of hydrogen-bond donors (Lipinski definition) is 0. The van der Waals surface area contributed by atoms with Crippen molar-refractivity contribution < 1.29 is 22.4 Å². The smallest absolute Gasteiger partial charge is 0.294 e. The number of Topliss-reactive ketones (excluding diaryl/α,β-unsaturated/α-hetero) is 1. The van der Waals surface area contributed by atoms with Crippen LogP contribution in [0.5, 0.6) is 0 Å². The van der Waals surface area contributed by atoms with E-state index >= 15 is 0 Å². The average Bonchev–Trinajstić information content (AvgIpc) is 3.57. The van der Waals surface area contributed by atoms with Crippen LogP contribution in [0.25, 0.3) is 6.08 Å². The number of hydrogen-bond acceptors (Lipinski definition) is 2. The first-order chi connectivity index (χ1) is 16.9. The number of halogens is 7. The van der Waals surface area contributed by atoms with Gasteiger partial charge in [0.25, 0.3) is 0 Å². The number of benzene rings is 2. The summed E-state index contributed by atoms with van der Waals surface area (Å²) >= 11 is 17.3. The fourth-order valence-corrected chi connectivity index (χ4v) is 4.90. The van der Waals surface area contributed by atoms with Crippen LogP contribution in [-0.2, 0) is 5.41 Å². The second kappa shape index (κ2) is 10.2. The fourth-order valence-electron chi connectivity index (χ4n) is 4.29. The van der Waals surface area contributed by atoms with Crippen molar-refractivity contribution in [1.29, 1.82) is 0 Å². The maximum absolute atomic E-state index is 13.8. The lowest BCUT2D eigenvalue weighted by Gasteiger charge is -2.18. The quantitative estimate of drug-likeness (QED) is 0.126. The van der Waals surface area contributed by atoms with Crippen molar-refractivity contribution in [3.05, 3.63) is 104 Å². The van der Waals surface area contributed by atoms with Crippen molar-refractivity contribution in [3.8, 4) is 0 Å². The molecule has 9 heteroatoms. The second-order valence-corrected chi connectivity index (χ2v) is 10.2. The van der Waals surface area contributed by atoms with E-state index in [0.29, 0.717) is 28.3 Å². The van der Waals surface area contributed by atoms with Crippen molar-refractivity contribution in [3.63, 3.8) is 0 Å². The van der Waals surface area contributed by atoms with Gasteiger partial charge in [-0.1, -0.05) is 71.2 Å². The number of ketones is 1. The Kier molecular flexibility index (Phi) is 7.52. The molecule has 36 heavy (non-hydrogen) atoms. The third kappa shape index (κ3) is 5.77. The molecule has 1 aromatic heterocycles. The Hall–Kier alpha value is -2.41. The molecule has 4 rings (SSSR count). The highest BCUT2D eigenvalue weighted by Gasteiger charge is 2.46. The minimum atomic E-state index is -4.65. The molecule has 188 valence electrons. The van der Waals surface area contributed by atoms with Gasteiger partial charge >= 0.3 is 6.18 Å². The molecule has 2 nitrogen and oxygen atoms in total. The van der Waals surface area contributed by atoms with Gasteiger partial charge in [0.2, 0.25) is 0 Å². The molecule has 1 saturated carbocycles. The molecule has 1 heterocycles. The summed E-state index contributed by atoms with van der Waals surface area (Å²) in [4.78, 5) is 17.2. The van der Waals surface area contributed by atoms with Crippen LogP contribution in [-0.4, -0.2) is 16.9 Å². The number of carbonyl (C=O) groups is 1. The fraction of sp³-hybridized carbons (Fsp3) is 0.259. The number of allylic oxidation sites excluding steroid dienone is 1. The van der Waals surface area contributed by atoms with Gasteiger partial charge in [-0.3, -0.25) is 4.79 Å². The van der Waals surface area contributed by atoms with E-state index < -0.39 is 28.0 Å². The second-order valence-electron chi connectivity index (χ2n) is 9.00. The lowest BCUT2D eigenvalue weighted by Crippen LogP contribution is -2.19. The minimum Gasteiger partial charge on any atom is -0.294 e. The van der Waals surface area contributed by atoms with Crippen LogP contribution in [0, 0.1) is 12.7 Å². The molecule has 2 aromatic carbocycles. The number of nitrogens with zero attached hydrogens (tertiary/aromatic N) is 1. The van der Waals surface area contributed by atoms with Crippen molar-refractivity contribution in [2.45, 2.75) is 43.7 Å². The van der Waals surface area contributed by atoms with Gasteiger partial charge in [-0.05, 0) is 60.2 Å². The van der Waals surface area contributed by atoms with E-state index in [1.165, 1.54) is 6.08 Å². The number of alkyl halides is 3. The van der Waals surface area contributed by atoms with Gasteiger partial charge in [0.05, 0.1) is 16.0 Å². The number of pyridine rings is 1. The van der Waals surface area contributed by atoms with Crippen LogP contribution in [0.3, 0.4) is 0 Å². The molecule has 0 N–H and O–H groups in total. The maximum Gasteiger partial charge on any atom is 0.399 e. The molecular weight excluding hydrogens is 537 g/mol. The van der Waals surface area contributed by atoms with Crippen LogP contribution in [0.1, 0.15) is 57.8 Å². The van der Waals surface area contributed by atoms with E-state index in [2.05, 4.69) is 4.98 Å². The summed E-state index contributed by atoms with van der Waals surface area (Å²) in [5.41, 5.74) is 2.10. The normalized spacial score (nSPS) is 15.8. The van der Waals surface area contributed by atoms with Crippen molar-refractivity contribution >= 4 is 46.7 Å². The molecular formula is C27H20Cl3F4NO. The molecule has 0 bridgehead atoms. The summed E-state index contributed by atoms with van der Waals surface area (Å²) in [5, 5.41) is -0.581. The zero-order chi connectivity index (χ0) is 26.3. The molecule has 0 amide bonds. The Morgan fingerprint density at radius 1 is 1.08 bits per heavy atom. The highest BCUT2D eigenvalue weighted by molar-refractivity contribution is 6.35. The average molecular weight is 557 g/mol. The third-order valence-corrected chi connectivity index (χ3v) is 7.22. The van der Waals surface area contributed by atoms with Crippen LogP contribution in [0.15, 0.2) is 54.7 Å². The van der Waals surface area contributed by atoms with E-state index in [1.807, 2.05) is 6.07 Å². The summed E-state index contributed by atoms with van der Waals surface area (Å²) in [6, 6.07) is 10.3. The molecule has 1 aliphatic carbocycles. The van der Waals surface area contributed by atoms with Crippen LogP contribution in [0.4, 0.5) is 17.6 Å². The SMILES string of the molecule is Cc1cc(/C=C/C(c2cc(Cl)c(F)c(Cl)c2)C(F)(F)F)ccc1C(=O)CC1(c2ccc(Cl)nc2)CC1. The Morgan fingerprint density at radius 2 is 1.75 bits per heavy atom. The molecule has 0 aliphatic heterocycles. The zero-order valence-corrected chi connectivity index (χ0v) is 21.2. The molecule has 1 unspecified atom stereocenters. The van der Waals surface area contributed by atoms with Crippen molar-refractivity contribution in [1.82, 2.24) is 4.98 Å². The van der Waals surface area contributed by atoms with E-state index in [-0.39, 0.29) is 16.8 Å². The first-order valence-corrected chi connectivity index (χ1v) is 12.2. The summed E-state index contributed by atoms with van der Waals surface area (Å²) in [6.45, 7) is 1.74. The first-order valence-electron chi connectivity index (χ1n) is 11.0. The molecule has 1 aliphatic rings. The lowest BCUT2D eigenvalue weighted by atomic mass is 9.88. The van der Waals surface area contributed by atoms with E-state index in [1.54, 1.807) is 37.4 Å². The number of rotatable bonds is 7. The van der Waals surface area contributed by atoms with Gasteiger partial charge < -0.3 is 0 Å². The van der Waals surface area contributed by atoms with Gasteiger partial charge in [-0.15, -0.1) is 0 Å². The lowest BCUT2D eigenvalue weighted by molar-refractivity contribution is -0.139. The zero-order valence-electron chi connectivity index (χ0n) is 19.0. The predicted octanol–water partition coefficient (Wildman–Crippen LogP) is 9.15. The highest BCUT2D eigenvalue weighted by atomic mass is 35.5. The predicted molar refractivity (Wildman–Crippen MR) is 135 cm³/mol. The Balaban J connectivity index is 1.54. The number of carbonyl (C=O) groups excluding carboxylic acids is 1. The topological polar surface area (TPSA) is 30.0 Å². The monoisotopic (exact) mass is 555 g/mol. The van der Waals surface area contributed by atoms with Crippen LogP contribution in [0.2, 0.25) is 15.2 Å².